The first-order chi connectivity index (χ1) is 10.4. The Morgan fingerprint density at radius 1 is 0.708 bits per heavy atom. The van der Waals surface area contributed by atoms with Crippen LogP contribution < -0.4 is 0 Å². The summed E-state index contributed by atoms with van der Waals surface area (Å²) in [6.07, 6.45) is -19.7. The van der Waals surface area contributed by atoms with E-state index in [9.17, 15) is 52.7 Å². The number of aromatic hydroxyl groups is 1. The van der Waals surface area contributed by atoms with Crippen molar-refractivity contribution in [1.82, 2.24) is 0 Å². The number of hydrogen-bond donors (Lipinski definition) is 1. The molecule has 1 rings (SSSR count). The number of hydrogen-bond acceptors (Lipinski definition) is 1. The van der Waals surface area contributed by atoms with Gasteiger partial charge in [-0.25, -0.2) is 4.39 Å². The van der Waals surface area contributed by atoms with Gasteiger partial charge in [-0.3, -0.25) is 0 Å². The van der Waals surface area contributed by atoms with E-state index in [1.807, 2.05) is 0 Å². The van der Waals surface area contributed by atoms with Crippen molar-refractivity contribution in [2.45, 2.75) is 30.1 Å². The molecule has 0 saturated carbocycles. The molecule has 137 valence electrons. The Labute approximate surface area is 124 Å². The highest BCUT2D eigenvalue weighted by molar-refractivity contribution is 5.39. The van der Waals surface area contributed by atoms with Crippen molar-refractivity contribution in [3.63, 3.8) is 0 Å². The molecule has 0 saturated heterocycles. The van der Waals surface area contributed by atoms with Crippen LogP contribution in [0.5, 0.6) is 5.75 Å². The van der Waals surface area contributed by atoms with Crippen LogP contribution in [0, 0.1) is 6.07 Å². The van der Waals surface area contributed by atoms with E-state index in [0.29, 0.717) is 0 Å². The van der Waals surface area contributed by atoms with Gasteiger partial charge in [0.15, 0.2) is 0 Å². The van der Waals surface area contributed by atoms with Crippen molar-refractivity contribution < 1.29 is 57.8 Å². The third kappa shape index (κ3) is 3.07. The van der Waals surface area contributed by atoms with E-state index in [4.69, 9.17) is 5.11 Å². The molecule has 1 nitrogen and oxygen atoms in total. The molecule has 0 heterocycles. The molecule has 1 atom stereocenters. The maximum Gasteiger partial charge on any atom is 0.457 e. The highest BCUT2D eigenvalue weighted by Gasteiger charge is 2.81. The monoisotopic (exact) mass is 379 g/mol. The molecule has 0 bridgehead atoms. The zero-order valence-electron chi connectivity index (χ0n) is 10.6. The Bertz CT molecular complexity index is 611. The van der Waals surface area contributed by atoms with Gasteiger partial charge in [-0.1, -0.05) is 0 Å². The molecule has 0 fully saturated rings. The van der Waals surface area contributed by atoms with E-state index in [1.54, 1.807) is 0 Å². The van der Waals surface area contributed by atoms with E-state index in [-0.39, 0.29) is 0 Å². The summed E-state index contributed by atoms with van der Waals surface area (Å²) < 4.78 is 152. The maximum atomic E-state index is 14.0. The van der Waals surface area contributed by atoms with Crippen LogP contribution in [0.4, 0.5) is 52.7 Å². The second kappa shape index (κ2) is 5.34. The molecule has 24 heavy (non-hydrogen) atoms. The zero-order chi connectivity index (χ0) is 19.4. The summed E-state index contributed by atoms with van der Waals surface area (Å²) in [6, 6.07) is -0.616. The molecule has 0 aliphatic heterocycles. The third-order valence-corrected chi connectivity index (χ3v) is 2.74. The standard InChI is InChI=1S/C11H3F12O/c12-7(10(18,19)20,9(16,17)11(21,22)23)4-1-5(8(13,14)15)3-6(24)2-4/h1-2,24H. The van der Waals surface area contributed by atoms with Crippen molar-refractivity contribution in [3.05, 3.63) is 29.3 Å². The summed E-state index contributed by atoms with van der Waals surface area (Å²) in [5.41, 5.74) is -11.7. The molecule has 1 N–H and O–H groups in total. The van der Waals surface area contributed by atoms with Crippen LogP contribution in [-0.2, 0) is 11.8 Å². The van der Waals surface area contributed by atoms with Gasteiger partial charge in [-0.15, -0.1) is 0 Å². The first-order valence-corrected chi connectivity index (χ1v) is 5.40. The summed E-state index contributed by atoms with van der Waals surface area (Å²) in [6.45, 7) is 0. The minimum absolute atomic E-state index is 0.650. The Kier molecular flexibility index (Phi) is 4.50. The fourth-order valence-electron chi connectivity index (χ4n) is 1.62. The SMILES string of the molecule is Oc1[c]c(C(F)(F)F)cc(C(F)(C(F)(F)F)C(F)(F)C(F)(F)F)c1. The van der Waals surface area contributed by atoms with Crippen molar-refractivity contribution in [2.75, 3.05) is 0 Å². The molecular weight excluding hydrogens is 376 g/mol. The summed E-state index contributed by atoms with van der Waals surface area (Å²) in [4.78, 5) is 0. The summed E-state index contributed by atoms with van der Waals surface area (Å²) in [5, 5.41) is 8.84. The number of rotatable bonds is 2. The lowest BCUT2D eigenvalue weighted by Gasteiger charge is -2.36. The smallest absolute Gasteiger partial charge is 0.457 e. The lowest BCUT2D eigenvalue weighted by molar-refractivity contribution is -0.389. The Morgan fingerprint density at radius 2 is 1.17 bits per heavy atom. The predicted octanol–water partition coefficient (Wildman–Crippen LogP) is 5.14. The third-order valence-electron chi connectivity index (χ3n) is 2.74. The van der Waals surface area contributed by atoms with Crippen LogP contribution in [0.3, 0.4) is 0 Å². The zero-order valence-corrected chi connectivity index (χ0v) is 10.6. The Hall–Kier alpha value is -1.82. The van der Waals surface area contributed by atoms with E-state index in [0.717, 1.165) is 6.07 Å². The number of benzene rings is 1. The fraction of sp³-hybridized carbons (Fsp3) is 0.455. The molecule has 1 aromatic rings. The van der Waals surface area contributed by atoms with Crippen LogP contribution in [0.1, 0.15) is 11.1 Å². The molecule has 13 heteroatoms. The van der Waals surface area contributed by atoms with Crippen molar-refractivity contribution in [2.24, 2.45) is 0 Å². The highest BCUT2D eigenvalue weighted by atomic mass is 19.4. The van der Waals surface area contributed by atoms with E-state index in [2.05, 4.69) is 0 Å². The van der Waals surface area contributed by atoms with Gasteiger partial charge < -0.3 is 5.11 Å². The molecule has 1 radical (unpaired) electrons. The second-order valence-corrected chi connectivity index (χ2v) is 4.39. The first-order valence-electron chi connectivity index (χ1n) is 5.40. The second-order valence-electron chi connectivity index (χ2n) is 4.39. The number of phenols is 1. The lowest BCUT2D eigenvalue weighted by Crippen LogP contribution is -2.59. The molecule has 0 amide bonds. The average molecular weight is 379 g/mol. The van der Waals surface area contributed by atoms with Crippen LogP contribution in [0.2, 0.25) is 0 Å². The van der Waals surface area contributed by atoms with Gasteiger partial charge in [0.1, 0.15) is 5.75 Å². The normalized spacial score (nSPS) is 16.8. The van der Waals surface area contributed by atoms with Crippen molar-refractivity contribution in [3.8, 4) is 5.75 Å². The Balaban J connectivity index is 3.82. The molecule has 0 aromatic heterocycles. The molecule has 1 aromatic carbocycles. The van der Waals surface area contributed by atoms with E-state index < -0.39 is 59.1 Å². The van der Waals surface area contributed by atoms with Gasteiger partial charge in [-0.2, -0.15) is 48.3 Å². The fourth-order valence-corrected chi connectivity index (χ4v) is 1.62. The summed E-state index contributed by atoms with van der Waals surface area (Å²) in [5.74, 6) is -9.06. The van der Waals surface area contributed by atoms with Gasteiger partial charge in [0.05, 0.1) is 5.56 Å². The first kappa shape index (κ1) is 20.2. The maximum absolute atomic E-state index is 14.0. The van der Waals surface area contributed by atoms with Gasteiger partial charge >= 0.3 is 30.1 Å². The van der Waals surface area contributed by atoms with Crippen molar-refractivity contribution in [1.29, 1.82) is 0 Å². The number of alkyl halides is 12. The minimum Gasteiger partial charge on any atom is -0.507 e. The topological polar surface area (TPSA) is 20.2 Å². The van der Waals surface area contributed by atoms with Crippen LogP contribution in [0.15, 0.2) is 12.1 Å². The van der Waals surface area contributed by atoms with Gasteiger partial charge in [0.25, 0.3) is 0 Å². The minimum atomic E-state index is -7.14. The van der Waals surface area contributed by atoms with Gasteiger partial charge in [-0.05, 0) is 12.1 Å². The average Bonchev–Trinajstić information content (AvgIpc) is 2.32. The quantitative estimate of drug-likeness (QED) is 0.706. The van der Waals surface area contributed by atoms with Gasteiger partial charge in [0.2, 0.25) is 0 Å². The Morgan fingerprint density at radius 3 is 1.50 bits per heavy atom. The summed E-state index contributed by atoms with van der Waals surface area (Å²) >= 11 is 0. The van der Waals surface area contributed by atoms with E-state index in [1.165, 1.54) is 0 Å². The lowest BCUT2D eigenvalue weighted by atomic mass is 9.86. The van der Waals surface area contributed by atoms with Crippen LogP contribution in [0.25, 0.3) is 0 Å². The van der Waals surface area contributed by atoms with Crippen molar-refractivity contribution >= 4 is 0 Å². The largest absolute Gasteiger partial charge is 0.507 e. The number of phenolic OH excluding ortho intramolecular Hbond substituents is 1. The predicted molar refractivity (Wildman–Crippen MR) is 51.8 cm³/mol. The molecule has 0 aliphatic carbocycles. The molecular formula is C11H3F12O. The van der Waals surface area contributed by atoms with Crippen LogP contribution >= 0.6 is 0 Å². The molecule has 1 unspecified atom stereocenters. The molecule has 0 spiro atoms. The van der Waals surface area contributed by atoms with E-state index >= 15 is 0 Å². The number of halogens is 12. The van der Waals surface area contributed by atoms with Gasteiger partial charge in [0, 0.05) is 11.6 Å². The molecule has 0 aliphatic rings. The highest BCUT2D eigenvalue weighted by Crippen LogP contribution is 2.58. The van der Waals surface area contributed by atoms with Crippen LogP contribution in [-0.4, -0.2) is 23.4 Å². The summed E-state index contributed by atoms with van der Waals surface area (Å²) in [7, 11) is 0.